The number of hydrogen-bond donors (Lipinski definition) is 1. The Morgan fingerprint density at radius 1 is 1.24 bits per heavy atom. The number of carbonyl (C=O) groups excluding carboxylic acids is 1. The van der Waals surface area contributed by atoms with Gasteiger partial charge in [0.2, 0.25) is 0 Å². The standard InChI is InChI=1S/C18H29NO2/c1-6-13(2)14-7-9-15(10-8-14)16(19)11-18(3,4)12-17(20)21-5/h7-10,13,16H,6,11-12,19H2,1-5H3. The largest absolute Gasteiger partial charge is 0.469 e. The van der Waals surface area contributed by atoms with Crippen LogP contribution in [0.5, 0.6) is 0 Å². The minimum Gasteiger partial charge on any atom is -0.469 e. The highest BCUT2D eigenvalue weighted by Gasteiger charge is 2.26. The normalized spacial score (nSPS) is 14.6. The number of hydrogen-bond acceptors (Lipinski definition) is 3. The number of esters is 1. The van der Waals surface area contributed by atoms with Crippen LogP contribution in [0.25, 0.3) is 0 Å². The first kappa shape index (κ1) is 17.7. The van der Waals surface area contributed by atoms with Gasteiger partial charge in [-0.15, -0.1) is 0 Å². The summed E-state index contributed by atoms with van der Waals surface area (Å²) in [6, 6.07) is 8.49. The van der Waals surface area contributed by atoms with Crippen molar-refractivity contribution in [1.29, 1.82) is 0 Å². The van der Waals surface area contributed by atoms with E-state index in [9.17, 15) is 4.79 Å². The molecule has 3 heteroatoms. The predicted octanol–water partition coefficient (Wildman–Crippen LogP) is 4.18. The molecular weight excluding hydrogens is 262 g/mol. The Hall–Kier alpha value is -1.35. The zero-order valence-corrected chi connectivity index (χ0v) is 14.0. The highest BCUT2D eigenvalue weighted by molar-refractivity contribution is 5.69. The van der Waals surface area contributed by atoms with Crippen molar-refractivity contribution in [3.63, 3.8) is 0 Å². The number of ether oxygens (including phenoxy) is 1. The van der Waals surface area contributed by atoms with Gasteiger partial charge in [0.25, 0.3) is 0 Å². The lowest BCUT2D eigenvalue weighted by Crippen LogP contribution is -2.24. The Kier molecular flexibility index (Phi) is 6.41. The van der Waals surface area contributed by atoms with Gasteiger partial charge in [0.15, 0.2) is 0 Å². The molecule has 0 spiro atoms. The first-order valence-electron chi connectivity index (χ1n) is 7.71. The molecule has 1 rings (SSSR count). The molecule has 0 saturated carbocycles. The zero-order valence-electron chi connectivity index (χ0n) is 14.0. The molecule has 0 saturated heterocycles. The molecule has 1 aromatic carbocycles. The number of benzene rings is 1. The maximum atomic E-state index is 11.4. The Balaban J connectivity index is 2.70. The van der Waals surface area contributed by atoms with Crippen LogP contribution in [0.15, 0.2) is 24.3 Å². The third kappa shape index (κ3) is 5.50. The molecule has 0 radical (unpaired) electrons. The minimum absolute atomic E-state index is 0.0596. The van der Waals surface area contributed by atoms with E-state index in [0.717, 1.165) is 18.4 Å². The molecule has 3 nitrogen and oxygen atoms in total. The quantitative estimate of drug-likeness (QED) is 0.767. The van der Waals surface area contributed by atoms with Gasteiger partial charge in [-0.2, -0.15) is 0 Å². The van der Waals surface area contributed by atoms with E-state index in [2.05, 4.69) is 52.0 Å². The monoisotopic (exact) mass is 291 g/mol. The molecule has 2 N–H and O–H groups in total. The van der Waals surface area contributed by atoms with Crippen molar-refractivity contribution >= 4 is 5.97 Å². The summed E-state index contributed by atoms with van der Waals surface area (Å²) in [6.07, 6.45) is 2.28. The fourth-order valence-corrected chi connectivity index (χ4v) is 2.56. The van der Waals surface area contributed by atoms with Crippen LogP contribution in [-0.2, 0) is 9.53 Å². The van der Waals surface area contributed by atoms with Crippen LogP contribution in [0.2, 0.25) is 0 Å². The molecular formula is C18H29NO2. The van der Waals surface area contributed by atoms with Crippen LogP contribution in [-0.4, -0.2) is 13.1 Å². The van der Waals surface area contributed by atoms with Crippen molar-refractivity contribution < 1.29 is 9.53 Å². The van der Waals surface area contributed by atoms with E-state index in [1.165, 1.54) is 12.7 Å². The number of rotatable bonds is 7. The third-order valence-corrected chi connectivity index (χ3v) is 4.17. The molecule has 0 aliphatic carbocycles. The molecule has 0 fully saturated rings. The smallest absolute Gasteiger partial charge is 0.306 e. The Bertz CT molecular complexity index is 451. The summed E-state index contributed by atoms with van der Waals surface area (Å²) in [4.78, 5) is 11.4. The topological polar surface area (TPSA) is 52.3 Å². The van der Waals surface area contributed by atoms with Crippen LogP contribution in [0.4, 0.5) is 0 Å². The van der Waals surface area contributed by atoms with E-state index < -0.39 is 0 Å². The molecule has 118 valence electrons. The summed E-state index contributed by atoms with van der Waals surface area (Å²) in [5.74, 6) is 0.394. The van der Waals surface area contributed by atoms with Crippen LogP contribution in [0, 0.1) is 5.41 Å². The fourth-order valence-electron chi connectivity index (χ4n) is 2.56. The lowest BCUT2D eigenvalue weighted by atomic mass is 9.81. The van der Waals surface area contributed by atoms with Crippen LogP contribution in [0.1, 0.15) is 70.0 Å². The lowest BCUT2D eigenvalue weighted by molar-refractivity contribution is -0.143. The van der Waals surface area contributed by atoms with Gasteiger partial charge in [-0.25, -0.2) is 0 Å². The second kappa shape index (κ2) is 7.60. The summed E-state index contributed by atoms with van der Waals surface area (Å²) in [5, 5.41) is 0. The predicted molar refractivity (Wildman–Crippen MR) is 87.1 cm³/mol. The van der Waals surface area contributed by atoms with Gasteiger partial charge in [-0.05, 0) is 35.3 Å². The molecule has 0 aliphatic heterocycles. The molecule has 21 heavy (non-hydrogen) atoms. The van der Waals surface area contributed by atoms with Gasteiger partial charge in [0, 0.05) is 6.04 Å². The lowest BCUT2D eigenvalue weighted by Gasteiger charge is -2.27. The summed E-state index contributed by atoms with van der Waals surface area (Å²) in [6.45, 7) is 8.53. The molecule has 0 amide bonds. The molecule has 0 aliphatic rings. The number of nitrogens with two attached hydrogens (primary N) is 1. The summed E-state index contributed by atoms with van der Waals surface area (Å²) in [5.41, 5.74) is 8.61. The van der Waals surface area contributed by atoms with E-state index in [-0.39, 0.29) is 17.4 Å². The zero-order chi connectivity index (χ0) is 16.0. The molecule has 0 aromatic heterocycles. The third-order valence-electron chi connectivity index (χ3n) is 4.17. The van der Waals surface area contributed by atoms with Crippen molar-refractivity contribution in [2.24, 2.45) is 11.1 Å². The van der Waals surface area contributed by atoms with Crippen LogP contribution in [0.3, 0.4) is 0 Å². The van der Waals surface area contributed by atoms with E-state index in [1.807, 2.05) is 0 Å². The fraction of sp³-hybridized carbons (Fsp3) is 0.611. The van der Waals surface area contributed by atoms with Crippen molar-refractivity contribution in [2.75, 3.05) is 7.11 Å². The molecule has 1 aromatic rings. The Labute approximate surface area is 128 Å². The number of carbonyl (C=O) groups is 1. The van der Waals surface area contributed by atoms with Gasteiger partial charge in [-0.1, -0.05) is 52.0 Å². The van der Waals surface area contributed by atoms with Gasteiger partial charge in [0.1, 0.15) is 0 Å². The first-order chi connectivity index (χ1) is 9.79. The average molecular weight is 291 g/mol. The number of methoxy groups -OCH3 is 1. The van der Waals surface area contributed by atoms with Gasteiger partial charge < -0.3 is 10.5 Å². The Morgan fingerprint density at radius 2 is 1.76 bits per heavy atom. The summed E-state index contributed by atoms with van der Waals surface area (Å²) in [7, 11) is 1.42. The van der Waals surface area contributed by atoms with E-state index in [1.54, 1.807) is 0 Å². The molecule has 2 atom stereocenters. The minimum atomic E-state index is -0.181. The first-order valence-corrected chi connectivity index (χ1v) is 7.71. The van der Waals surface area contributed by atoms with E-state index >= 15 is 0 Å². The summed E-state index contributed by atoms with van der Waals surface area (Å²) >= 11 is 0. The van der Waals surface area contributed by atoms with Crippen molar-refractivity contribution in [1.82, 2.24) is 0 Å². The maximum absolute atomic E-state index is 11.4. The maximum Gasteiger partial charge on any atom is 0.306 e. The second-order valence-corrected chi connectivity index (χ2v) is 6.70. The average Bonchev–Trinajstić information content (AvgIpc) is 2.45. The Morgan fingerprint density at radius 3 is 2.24 bits per heavy atom. The molecule has 0 heterocycles. The van der Waals surface area contributed by atoms with Gasteiger partial charge >= 0.3 is 5.97 Å². The van der Waals surface area contributed by atoms with E-state index in [0.29, 0.717) is 12.3 Å². The SMILES string of the molecule is CCC(C)c1ccc(C(N)CC(C)(C)CC(=O)OC)cc1. The van der Waals surface area contributed by atoms with Gasteiger partial charge in [0.05, 0.1) is 13.5 Å². The van der Waals surface area contributed by atoms with Crippen LogP contribution < -0.4 is 5.73 Å². The highest BCUT2D eigenvalue weighted by Crippen LogP contribution is 2.32. The van der Waals surface area contributed by atoms with E-state index in [4.69, 9.17) is 10.5 Å². The van der Waals surface area contributed by atoms with Crippen molar-refractivity contribution in [2.45, 2.75) is 58.9 Å². The summed E-state index contributed by atoms with van der Waals surface area (Å²) < 4.78 is 4.75. The molecule has 0 bridgehead atoms. The highest BCUT2D eigenvalue weighted by atomic mass is 16.5. The van der Waals surface area contributed by atoms with Crippen LogP contribution >= 0.6 is 0 Å². The van der Waals surface area contributed by atoms with Crippen molar-refractivity contribution in [3.8, 4) is 0 Å². The molecule has 2 unspecified atom stereocenters. The van der Waals surface area contributed by atoms with Gasteiger partial charge in [-0.3, -0.25) is 4.79 Å². The van der Waals surface area contributed by atoms with Crippen molar-refractivity contribution in [3.05, 3.63) is 35.4 Å². The second-order valence-electron chi connectivity index (χ2n) is 6.70.